The Bertz CT molecular complexity index is 421. The molecule has 28 heavy (non-hydrogen) atoms. The molecule has 3 atom stereocenters. The lowest BCUT2D eigenvalue weighted by Gasteiger charge is -2.35. The molecule has 0 bridgehead atoms. The lowest BCUT2D eigenvalue weighted by Crippen LogP contribution is -2.44. The summed E-state index contributed by atoms with van der Waals surface area (Å²) >= 11 is 0. The third kappa shape index (κ3) is 10.1. The second kappa shape index (κ2) is 14.8. The summed E-state index contributed by atoms with van der Waals surface area (Å²) in [6.07, 6.45) is 3.85. The minimum Gasteiger partial charge on any atom is -0.379 e. The van der Waals surface area contributed by atoms with Gasteiger partial charge in [-0.3, -0.25) is 9.89 Å². The lowest BCUT2D eigenvalue weighted by molar-refractivity contribution is 0.0220. The Labute approximate surface area is 190 Å². The van der Waals surface area contributed by atoms with Crippen molar-refractivity contribution >= 4 is 29.9 Å². The zero-order valence-electron chi connectivity index (χ0n) is 18.6. The number of piperidine rings is 1. The Morgan fingerprint density at radius 2 is 1.79 bits per heavy atom. The Morgan fingerprint density at radius 1 is 1.11 bits per heavy atom. The third-order valence-corrected chi connectivity index (χ3v) is 5.66. The van der Waals surface area contributed by atoms with Crippen molar-refractivity contribution < 1.29 is 4.74 Å². The number of morpholine rings is 1. The molecule has 2 rings (SSSR count). The van der Waals surface area contributed by atoms with Gasteiger partial charge in [-0.2, -0.15) is 0 Å². The molecule has 166 valence electrons. The summed E-state index contributed by atoms with van der Waals surface area (Å²) in [5.41, 5.74) is 0. The maximum absolute atomic E-state index is 5.44. The molecule has 2 aliphatic rings. The summed E-state index contributed by atoms with van der Waals surface area (Å²) < 4.78 is 5.44. The van der Waals surface area contributed by atoms with Gasteiger partial charge in [-0.1, -0.05) is 13.8 Å². The Morgan fingerprint density at radius 3 is 2.43 bits per heavy atom. The quantitative estimate of drug-likeness (QED) is 0.217. The van der Waals surface area contributed by atoms with Gasteiger partial charge in [-0.15, -0.1) is 24.0 Å². The van der Waals surface area contributed by atoms with Crippen LogP contribution in [-0.4, -0.2) is 87.4 Å². The van der Waals surface area contributed by atoms with Crippen LogP contribution in [0.5, 0.6) is 0 Å². The molecule has 0 aromatic rings. The summed E-state index contributed by atoms with van der Waals surface area (Å²) in [4.78, 5) is 9.92. The number of aliphatic imine (C=N–C) groups is 1. The zero-order valence-corrected chi connectivity index (χ0v) is 20.9. The maximum Gasteiger partial charge on any atom is 0.191 e. The van der Waals surface area contributed by atoms with Crippen molar-refractivity contribution in [3.05, 3.63) is 0 Å². The summed E-state index contributed by atoms with van der Waals surface area (Å²) in [5, 5.41) is 6.89. The number of likely N-dealkylation sites (tertiary alicyclic amines) is 1. The topological polar surface area (TPSA) is 52.1 Å². The molecule has 7 heteroatoms. The average molecular weight is 510 g/mol. The third-order valence-electron chi connectivity index (χ3n) is 5.66. The molecule has 0 aromatic carbocycles. The first-order valence-electron chi connectivity index (χ1n) is 11.1. The first kappa shape index (κ1) is 25.9. The van der Waals surface area contributed by atoms with E-state index in [0.29, 0.717) is 6.04 Å². The fourth-order valence-corrected chi connectivity index (χ4v) is 4.34. The van der Waals surface area contributed by atoms with Gasteiger partial charge in [0.1, 0.15) is 0 Å². The smallest absolute Gasteiger partial charge is 0.191 e. The Hall–Kier alpha value is -0.120. The molecule has 2 N–H and O–H groups in total. The van der Waals surface area contributed by atoms with Crippen molar-refractivity contribution in [1.29, 1.82) is 0 Å². The van der Waals surface area contributed by atoms with Gasteiger partial charge in [-0.05, 0) is 51.5 Å². The van der Waals surface area contributed by atoms with Crippen LogP contribution in [0.3, 0.4) is 0 Å². The first-order chi connectivity index (χ1) is 13.1. The molecular weight excluding hydrogens is 465 g/mol. The predicted molar refractivity (Wildman–Crippen MR) is 130 cm³/mol. The fourth-order valence-electron chi connectivity index (χ4n) is 4.34. The summed E-state index contributed by atoms with van der Waals surface area (Å²) in [7, 11) is 0. The number of ether oxygens (including phenoxy) is 1. The van der Waals surface area contributed by atoms with Crippen LogP contribution in [0.4, 0.5) is 0 Å². The molecule has 0 aliphatic carbocycles. The highest BCUT2D eigenvalue weighted by Crippen LogP contribution is 2.20. The van der Waals surface area contributed by atoms with Crippen LogP contribution < -0.4 is 10.6 Å². The highest BCUT2D eigenvalue weighted by Gasteiger charge is 2.21. The lowest BCUT2D eigenvalue weighted by atomic mass is 9.92. The standard InChI is InChI=1S/C21H43N5O.HI/c1-5-22-21(24-15-20(4)26-10-12-27-13-11-26)23-8-6-7-9-25-16-18(2)14-19(3)17-25;/h18-20H,5-17H2,1-4H3,(H2,22,23,24);1H. The SMILES string of the molecule is CCNC(=NCC(C)N1CCOCC1)NCCCCN1CC(C)CC(C)C1.I. The summed E-state index contributed by atoms with van der Waals surface area (Å²) in [6.45, 7) is 19.4. The predicted octanol–water partition coefficient (Wildman–Crippen LogP) is 2.64. The number of nitrogens with zero attached hydrogens (tertiary/aromatic N) is 3. The van der Waals surface area contributed by atoms with Crippen LogP contribution in [0.1, 0.15) is 47.0 Å². The molecule has 0 radical (unpaired) electrons. The Balaban J connectivity index is 0.00000392. The van der Waals surface area contributed by atoms with Gasteiger partial charge in [-0.25, -0.2) is 0 Å². The van der Waals surface area contributed by atoms with E-state index >= 15 is 0 Å². The van der Waals surface area contributed by atoms with E-state index in [0.717, 1.165) is 63.7 Å². The highest BCUT2D eigenvalue weighted by molar-refractivity contribution is 14.0. The van der Waals surface area contributed by atoms with Gasteiger partial charge in [0, 0.05) is 45.3 Å². The average Bonchev–Trinajstić information content (AvgIpc) is 2.65. The van der Waals surface area contributed by atoms with Crippen LogP contribution >= 0.6 is 24.0 Å². The van der Waals surface area contributed by atoms with Crippen molar-refractivity contribution in [3.63, 3.8) is 0 Å². The molecule has 3 unspecified atom stereocenters. The number of nitrogens with one attached hydrogen (secondary N) is 2. The van der Waals surface area contributed by atoms with Crippen LogP contribution in [0.15, 0.2) is 4.99 Å². The van der Waals surface area contributed by atoms with Crippen LogP contribution in [0, 0.1) is 11.8 Å². The van der Waals surface area contributed by atoms with Gasteiger partial charge in [0.25, 0.3) is 0 Å². The summed E-state index contributed by atoms with van der Waals surface area (Å²) in [6, 6.07) is 0.465. The number of unbranched alkanes of at least 4 members (excludes halogenated alkanes) is 1. The van der Waals surface area contributed by atoms with Crippen molar-refractivity contribution in [3.8, 4) is 0 Å². The Kier molecular flexibility index (Phi) is 13.7. The molecule has 0 saturated carbocycles. The van der Waals surface area contributed by atoms with Gasteiger partial charge < -0.3 is 20.3 Å². The summed E-state index contributed by atoms with van der Waals surface area (Å²) in [5.74, 6) is 2.67. The van der Waals surface area contributed by atoms with E-state index in [2.05, 4.69) is 48.1 Å². The second-order valence-corrected chi connectivity index (χ2v) is 8.56. The molecular formula is C21H44IN5O. The molecule has 0 aromatic heterocycles. The minimum atomic E-state index is 0. The van der Waals surface area contributed by atoms with E-state index in [1.807, 2.05) is 0 Å². The molecule has 2 heterocycles. The normalized spacial score (nSPS) is 25.8. The largest absolute Gasteiger partial charge is 0.379 e. The van der Waals surface area contributed by atoms with Crippen molar-refractivity contribution in [2.45, 2.75) is 53.0 Å². The maximum atomic E-state index is 5.44. The number of hydrogen-bond donors (Lipinski definition) is 2. The molecule has 2 fully saturated rings. The van der Waals surface area contributed by atoms with E-state index in [4.69, 9.17) is 9.73 Å². The monoisotopic (exact) mass is 509 g/mol. The number of halogens is 1. The minimum absolute atomic E-state index is 0. The van der Waals surface area contributed by atoms with E-state index in [1.165, 1.54) is 38.9 Å². The fraction of sp³-hybridized carbons (Fsp3) is 0.952. The highest BCUT2D eigenvalue weighted by atomic mass is 127. The van der Waals surface area contributed by atoms with Gasteiger partial charge >= 0.3 is 0 Å². The molecule has 0 spiro atoms. The van der Waals surface area contributed by atoms with Crippen LogP contribution in [-0.2, 0) is 4.74 Å². The van der Waals surface area contributed by atoms with Crippen molar-refractivity contribution in [2.24, 2.45) is 16.8 Å². The second-order valence-electron chi connectivity index (χ2n) is 8.56. The van der Waals surface area contributed by atoms with Gasteiger partial charge in [0.05, 0.1) is 19.8 Å². The zero-order chi connectivity index (χ0) is 19.5. The number of rotatable bonds is 9. The van der Waals surface area contributed by atoms with E-state index in [9.17, 15) is 0 Å². The van der Waals surface area contributed by atoms with Gasteiger partial charge in [0.15, 0.2) is 5.96 Å². The molecule has 6 nitrogen and oxygen atoms in total. The van der Waals surface area contributed by atoms with Crippen molar-refractivity contribution in [1.82, 2.24) is 20.4 Å². The molecule has 0 amide bonds. The van der Waals surface area contributed by atoms with Gasteiger partial charge in [0.2, 0.25) is 0 Å². The number of guanidine groups is 1. The van der Waals surface area contributed by atoms with E-state index in [1.54, 1.807) is 0 Å². The van der Waals surface area contributed by atoms with Crippen LogP contribution in [0.2, 0.25) is 0 Å². The van der Waals surface area contributed by atoms with Crippen molar-refractivity contribution in [2.75, 3.05) is 65.6 Å². The number of hydrogen-bond acceptors (Lipinski definition) is 4. The first-order valence-corrected chi connectivity index (χ1v) is 11.1. The molecule has 2 aliphatic heterocycles. The van der Waals surface area contributed by atoms with E-state index in [-0.39, 0.29) is 24.0 Å². The van der Waals surface area contributed by atoms with Crippen LogP contribution in [0.25, 0.3) is 0 Å². The van der Waals surface area contributed by atoms with E-state index < -0.39 is 0 Å². The molecule has 2 saturated heterocycles.